The van der Waals surface area contributed by atoms with Crippen molar-refractivity contribution >= 4 is 27.5 Å². The van der Waals surface area contributed by atoms with E-state index in [4.69, 9.17) is 0 Å². The third-order valence-electron chi connectivity index (χ3n) is 5.10. The Labute approximate surface area is 197 Å². The second-order valence-electron chi connectivity index (χ2n) is 8.98. The Morgan fingerprint density at radius 1 is 0.909 bits per heavy atom. The van der Waals surface area contributed by atoms with Gasteiger partial charge in [-0.25, -0.2) is 13.1 Å². The number of carbonyl (C=O) groups is 2. The van der Waals surface area contributed by atoms with E-state index < -0.39 is 10.0 Å². The van der Waals surface area contributed by atoms with Gasteiger partial charge in [0.1, 0.15) is 0 Å². The highest BCUT2D eigenvalue weighted by molar-refractivity contribution is 7.89. The van der Waals surface area contributed by atoms with E-state index in [0.717, 1.165) is 12.0 Å². The normalized spacial score (nSPS) is 12.6. The van der Waals surface area contributed by atoms with Crippen molar-refractivity contribution in [2.75, 3.05) is 11.9 Å². The topological polar surface area (TPSA) is 104 Å². The average Bonchev–Trinajstić information content (AvgIpc) is 2.72. The highest BCUT2D eigenvalue weighted by Gasteiger charge is 2.19. The first kappa shape index (κ1) is 26.5. The monoisotopic (exact) mass is 473 g/mol. The van der Waals surface area contributed by atoms with Gasteiger partial charge in [0.05, 0.1) is 10.9 Å². The zero-order valence-corrected chi connectivity index (χ0v) is 20.8. The fraction of sp³-hybridized carbons (Fsp3) is 0.440. The van der Waals surface area contributed by atoms with Crippen LogP contribution in [0.25, 0.3) is 0 Å². The standard InChI is InChI=1S/C25H35N3O4S/c1-17(2)16-20-6-8-21(9-7-20)25(18(3)4)28-24(30)14-15-26-33(31,32)23-12-10-22(11-13-23)27-19(5)29/h6-13,17-18,25-26H,14-16H2,1-5H3,(H,27,29)(H,28,30)/t25-/m0/s1. The molecule has 0 saturated heterocycles. The molecule has 2 rings (SSSR count). The van der Waals surface area contributed by atoms with Crippen molar-refractivity contribution in [2.45, 2.75) is 58.4 Å². The lowest BCUT2D eigenvalue weighted by Crippen LogP contribution is -2.34. The molecule has 0 heterocycles. The molecule has 0 unspecified atom stereocenters. The van der Waals surface area contributed by atoms with Crippen molar-refractivity contribution in [1.82, 2.24) is 10.0 Å². The van der Waals surface area contributed by atoms with Crippen molar-refractivity contribution in [3.63, 3.8) is 0 Å². The van der Waals surface area contributed by atoms with Gasteiger partial charge in [0, 0.05) is 25.6 Å². The van der Waals surface area contributed by atoms with Crippen LogP contribution in [0.3, 0.4) is 0 Å². The second kappa shape index (κ2) is 12.0. The van der Waals surface area contributed by atoms with Crippen molar-refractivity contribution in [1.29, 1.82) is 0 Å². The zero-order valence-electron chi connectivity index (χ0n) is 20.0. The lowest BCUT2D eigenvalue weighted by atomic mass is 9.93. The van der Waals surface area contributed by atoms with Gasteiger partial charge in [-0.3, -0.25) is 9.59 Å². The van der Waals surface area contributed by atoms with E-state index in [1.165, 1.54) is 36.8 Å². The predicted octanol–water partition coefficient (Wildman–Crippen LogP) is 4.03. The summed E-state index contributed by atoms with van der Waals surface area (Å²) < 4.78 is 27.4. The maximum atomic E-state index is 12.5. The van der Waals surface area contributed by atoms with E-state index in [-0.39, 0.29) is 41.6 Å². The summed E-state index contributed by atoms with van der Waals surface area (Å²) in [5.41, 5.74) is 2.81. The Balaban J connectivity index is 1.92. The number of hydrogen-bond acceptors (Lipinski definition) is 4. The lowest BCUT2D eigenvalue weighted by molar-refractivity contribution is -0.122. The summed E-state index contributed by atoms with van der Waals surface area (Å²) >= 11 is 0. The fourth-order valence-electron chi connectivity index (χ4n) is 3.52. The van der Waals surface area contributed by atoms with Gasteiger partial charge in [-0.2, -0.15) is 0 Å². The van der Waals surface area contributed by atoms with E-state index in [1.807, 2.05) is 13.8 Å². The summed E-state index contributed by atoms with van der Waals surface area (Å²) in [7, 11) is -3.76. The minimum atomic E-state index is -3.76. The molecule has 0 spiro atoms. The molecule has 0 saturated carbocycles. The highest BCUT2D eigenvalue weighted by Crippen LogP contribution is 2.23. The maximum Gasteiger partial charge on any atom is 0.240 e. The summed E-state index contributed by atoms with van der Waals surface area (Å²) in [6.45, 7) is 9.81. The van der Waals surface area contributed by atoms with Crippen LogP contribution in [0.15, 0.2) is 53.4 Å². The number of benzene rings is 2. The molecule has 2 amide bonds. The summed E-state index contributed by atoms with van der Waals surface area (Å²) in [6.07, 6.45) is 1.03. The van der Waals surface area contributed by atoms with Gasteiger partial charge in [0.15, 0.2) is 0 Å². The van der Waals surface area contributed by atoms with Gasteiger partial charge in [0.2, 0.25) is 21.8 Å². The van der Waals surface area contributed by atoms with Crippen LogP contribution in [-0.2, 0) is 26.0 Å². The molecule has 0 fully saturated rings. The SMILES string of the molecule is CC(=O)Nc1ccc(S(=O)(=O)NCCC(=O)N[C@H](c2ccc(CC(C)C)cc2)C(C)C)cc1. The summed E-state index contributed by atoms with van der Waals surface area (Å²) in [5, 5.41) is 5.62. The van der Waals surface area contributed by atoms with Crippen LogP contribution in [-0.4, -0.2) is 26.8 Å². The number of amides is 2. The molecule has 0 aromatic heterocycles. The number of sulfonamides is 1. The highest BCUT2D eigenvalue weighted by atomic mass is 32.2. The van der Waals surface area contributed by atoms with Crippen LogP contribution in [0.2, 0.25) is 0 Å². The molecule has 33 heavy (non-hydrogen) atoms. The number of carbonyl (C=O) groups excluding carboxylic acids is 2. The third-order valence-corrected chi connectivity index (χ3v) is 6.57. The number of nitrogens with one attached hydrogen (secondary N) is 3. The first-order chi connectivity index (χ1) is 15.5. The molecule has 7 nitrogen and oxygen atoms in total. The molecule has 2 aromatic rings. The minimum absolute atomic E-state index is 0.0141. The van der Waals surface area contributed by atoms with Crippen LogP contribution < -0.4 is 15.4 Å². The molecule has 0 radical (unpaired) electrons. The van der Waals surface area contributed by atoms with Crippen LogP contribution in [0.1, 0.15) is 58.2 Å². The Hall–Kier alpha value is -2.71. The molecular formula is C25H35N3O4S. The minimum Gasteiger partial charge on any atom is -0.349 e. The summed E-state index contributed by atoms with van der Waals surface area (Å²) in [5.74, 6) is 0.309. The Kier molecular flexibility index (Phi) is 9.61. The predicted molar refractivity (Wildman–Crippen MR) is 131 cm³/mol. The van der Waals surface area contributed by atoms with Gasteiger partial charge in [0.25, 0.3) is 0 Å². The first-order valence-electron chi connectivity index (χ1n) is 11.2. The van der Waals surface area contributed by atoms with Crippen LogP contribution >= 0.6 is 0 Å². The van der Waals surface area contributed by atoms with Crippen molar-refractivity contribution < 1.29 is 18.0 Å². The molecule has 1 atom stereocenters. The fourth-order valence-corrected chi connectivity index (χ4v) is 4.55. The largest absolute Gasteiger partial charge is 0.349 e. The summed E-state index contributed by atoms with van der Waals surface area (Å²) in [4.78, 5) is 23.7. The van der Waals surface area contributed by atoms with Gasteiger partial charge < -0.3 is 10.6 Å². The van der Waals surface area contributed by atoms with Gasteiger partial charge in [-0.1, -0.05) is 52.0 Å². The number of rotatable bonds is 11. The van der Waals surface area contributed by atoms with E-state index >= 15 is 0 Å². The summed E-state index contributed by atoms with van der Waals surface area (Å²) in [6, 6.07) is 14.0. The number of anilines is 1. The van der Waals surface area contributed by atoms with E-state index in [9.17, 15) is 18.0 Å². The van der Waals surface area contributed by atoms with Crippen LogP contribution in [0, 0.1) is 11.8 Å². The van der Waals surface area contributed by atoms with E-state index in [2.05, 4.69) is 53.5 Å². The molecule has 0 aliphatic carbocycles. The molecule has 0 bridgehead atoms. The van der Waals surface area contributed by atoms with Gasteiger partial charge in [-0.15, -0.1) is 0 Å². The Morgan fingerprint density at radius 3 is 2.03 bits per heavy atom. The zero-order chi connectivity index (χ0) is 24.6. The van der Waals surface area contributed by atoms with Gasteiger partial charge in [-0.05, 0) is 53.6 Å². The molecule has 3 N–H and O–H groups in total. The molecule has 2 aromatic carbocycles. The van der Waals surface area contributed by atoms with Crippen LogP contribution in [0.4, 0.5) is 5.69 Å². The molecule has 8 heteroatoms. The van der Waals surface area contributed by atoms with Crippen LogP contribution in [0.5, 0.6) is 0 Å². The number of hydrogen-bond donors (Lipinski definition) is 3. The van der Waals surface area contributed by atoms with Crippen molar-refractivity contribution in [3.05, 3.63) is 59.7 Å². The Bertz CT molecular complexity index is 1030. The molecule has 180 valence electrons. The smallest absolute Gasteiger partial charge is 0.240 e. The maximum absolute atomic E-state index is 12.5. The lowest BCUT2D eigenvalue weighted by Gasteiger charge is -2.23. The molecule has 0 aliphatic heterocycles. The Morgan fingerprint density at radius 2 is 1.52 bits per heavy atom. The first-order valence-corrected chi connectivity index (χ1v) is 12.7. The van der Waals surface area contributed by atoms with E-state index in [1.54, 1.807) is 0 Å². The van der Waals surface area contributed by atoms with E-state index in [0.29, 0.717) is 11.6 Å². The third kappa shape index (κ3) is 8.63. The van der Waals surface area contributed by atoms with Gasteiger partial charge >= 0.3 is 0 Å². The van der Waals surface area contributed by atoms with Crippen molar-refractivity contribution in [3.8, 4) is 0 Å². The average molecular weight is 474 g/mol. The van der Waals surface area contributed by atoms with Crippen molar-refractivity contribution in [2.24, 2.45) is 11.8 Å². The second-order valence-corrected chi connectivity index (χ2v) is 10.7. The molecular weight excluding hydrogens is 438 g/mol. The quantitative estimate of drug-likeness (QED) is 0.458. The molecule has 0 aliphatic rings.